The fourth-order valence-electron chi connectivity index (χ4n) is 1.56. The molecule has 0 radical (unpaired) electrons. The Hall–Kier alpha value is -0.900. The van der Waals surface area contributed by atoms with E-state index in [4.69, 9.17) is 4.74 Å². The molecule has 0 bridgehead atoms. The van der Waals surface area contributed by atoms with E-state index in [0.29, 0.717) is 0 Å². The van der Waals surface area contributed by atoms with Crippen LogP contribution in [0.2, 0.25) is 0 Å². The summed E-state index contributed by atoms with van der Waals surface area (Å²) >= 11 is 0. The van der Waals surface area contributed by atoms with E-state index in [1.807, 2.05) is 0 Å². The van der Waals surface area contributed by atoms with Crippen molar-refractivity contribution < 1.29 is 19.1 Å². The highest BCUT2D eigenvalue weighted by Gasteiger charge is 2.56. The van der Waals surface area contributed by atoms with Crippen LogP contribution in [0.15, 0.2) is 0 Å². The minimum atomic E-state index is -1.05. The minimum absolute atomic E-state index is 0.108. The monoisotopic (exact) mass is 200 g/mol. The summed E-state index contributed by atoms with van der Waals surface area (Å²) in [6.45, 7) is 5.67. The van der Waals surface area contributed by atoms with Gasteiger partial charge in [-0.1, -0.05) is 20.8 Å². The molecule has 80 valence electrons. The van der Waals surface area contributed by atoms with Crippen LogP contribution in [-0.2, 0) is 19.1 Å². The fourth-order valence-corrected chi connectivity index (χ4v) is 1.56. The van der Waals surface area contributed by atoms with Crippen molar-refractivity contribution in [3.8, 4) is 0 Å². The molecule has 14 heavy (non-hydrogen) atoms. The zero-order valence-corrected chi connectivity index (χ0v) is 9.05. The molecule has 0 N–H and O–H groups in total. The Morgan fingerprint density at radius 1 is 1.29 bits per heavy atom. The highest BCUT2D eigenvalue weighted by molar-refractivity contribution is 6.07. The molecular weight excluding hydrogens is 184 g/mol. The number of carbonyl (C=O) groups is 2. The normalized spacial score (nSPS) is 19.7. The van der Waals surface area contributed by atoms with E-state index in [0.717, 1.165) is 0 Å². The van der Waals surface area contributed by atoms with Gasteiger partial charge in [0, 0.05) is 5.41 Å². The molecule has 1 fully saturated rings. The number of hydrogen-bond donors (Lipinski definition) is 0. The standard InChI is InChI=1S/C10H16O4/c1-9(2,3)7(11)10(5-14-6-10)8(12)13-4/h5-6H2,1-4H3. The molecule has 0 amide bonds. The molecule has 0 atom stereocenters. The molecule has 1 saturated heterocycles. The zero-order chi connectivity index (χ0) is 11.0. The van der Waals surface area contributed by atoms with Gasteiger partial charge in [0.15, 0.2) is 11.2 Å². The zero-order valence-electron chi connectivity index (χ0n) is 9.05. The van der Waals surface area contributed by atoms with Gasteiger partial charge in [-0.05, 0) is 0 Å². The van der Waals surface area contributed by atoms with Crippen LogP contribution in [0.1, 0.15) is 20.8 Å². The third-order valence-corrected chi connectivity index (χ3v) is 2.39. The quantitative estimate of drug-likeness (QED) is 0.488. The Labute approximate surface area is 83.6 Å². The number of Topliss-reactive ketones (excluding diaryl/α,β-unsaturated/α-hetero) is 1. The van der Waals surface area contributed by atoms with Gasteiger partial charge >= 0.3 is 5.97 Å². The summed E-state index contributed by atoms with van der Waals surface area (Å²) in [6.07, 6.45) is 0. The Morgan fingerprint density at radius 3 is 2.00 bits per heavy atom. The molecule has 1 aliphatic rings. The first-order valence-electron chi connectivity index (χ1n) is 4.56. The summed E-state index contributed by atoms with van der Waals surface area (Å²) in [5.41, 5.74) is -1.59. The highest BCUT2D eigenvalue weighted by Crippen LogP contribution is 2.37. The van der Waals surface area contributed by atoms with Gasteiger partial charge in [-0.25, -0.2) is 0 Å². The van der Waals surface area contributed by atoms with Crippen LogP contribution in [0.25, 0.3) is 0 Å². The Morgan fingerprint density at radius 2 is 1.79 bits per heavy atom. The number of methoxy groups -OCH3 is 1. The van der Waals surface area contributed by atoms with Gasteiger partial charge in [0.25, 0.3) is 0 Å². The third kappa shape index (κ3) is 1.54. The van der Waals surface area contributed by atoms with Gasteiger partial charge in [0.05, 0.1) is 20.3 Å². The van der Waals surface area contributed by atoms with E-state index >= 15 is 0 Å². The van der Waals surface area contributed by atoms with Crippen LogP contribution in [0.4, 0.5) is 0 Å². The van der Waals surface area contributed by atoms with E-state index in [1.54, 1.807) is 20.8 Å². The maximum atomic E-state index is 12.0. The van der Waals surface area contributed by atoms with Crippen molar-refractivity contribution in [3.05, 3.63) is 0 Å². The maximum Gasteiger partial charge on any atom is 0.324 e. The second-order valence-electron chi connectivity index (χ2n) is 4.65. The van der Waals surface area contributed by atoms with Crippen LogP contribution in [0, 0.1) is 10.8 Å². The minimum Gasteiger partial charge on any atom is -0.468 e. The lowest BCUT2D eigenvalue weighted by Crippen LogP contribution is -2.58. The van der Waals surface area contributed by atoms with Crippen molar-refractivity contribution in [1.29, 1.82) is 0 Å². The summed E-state index contributed by atoms with van der Waals surface area (Å²) in [4.78, 5) is 23.5. The smallest absolute Gasteiger partial charge is 0.324 e. The van der Waals surface area contributed by atoms with Crippen molar-refractivity contribution in [1.82, 2.24) is 0 Å². The lowest BCUT2D eigenvalue weighted by molar-refractivity contribution is -0.190. The number of esters is 1. The van der Waals surface area contributed by atoms with Crippen LogP contribution < -0.4 is 0 Å². The molecule has 1 aliphatic heterocycles. The van der Waals surface area contributed by atoms with Crippen molar-refractivity contribution in [2.24, 2.45) is 10.8 Å². The van der Waals surface area contributed by atoms with Gasteiger partial charge in [0.2, 0.25) is 0 Å². The molecule has 0 aromatic carbocycles. The van der Waals surface area contributed by atoms with E-state index in [2.05, 4.69) is 4.74 Å². The maximum absolute atomic E-state index is 12.0. The molecule has 4 nitrogen and oxygen atoms in total. The third-order valence-electron chi connectivity index (χ3n) is 2.39. The molecule has 0 aliphatic carbocycles. The van der Waals surface area contributed by atoms with Gasteiger partial charge in [-0.3, -0.25) is 9.59 Å². The molecule has 1 heterocycles. The lowest BCUT2D eigenvalue weighted by Gasteiger charge is -2.40. The van der Waals surface area contributed by atoms with Crippen LogP contribution in [0.3, 0.4) is 0 Å². The summed E-state index contributed by atoms with van der Waals surface area (Å²) in [5, 5.41) is 0. The topological polar surface area (TPSA) is 52.6 Å². The Balaban J connectivity index is 2.91. The number of carbonyl (C=O) groups excluding carboxylic acids is 2. The Kier molecular flexibility index (Phi) is 2.67. The first-order valence-corrected chi connectivity index (χ1v) is 4.56. The van der Waals surface area contributed by atoms with Crippen molar-refractivity contribution >= 4 is 11.8 Å². The molecule has 4 heteroatoms. The SMILES string of the molecule is COC(=O)C1(C(=O)C(C)(C)C)COC1. The summed E-state index contributed by atoms with van der Waals surface area (Å²) in [5.74, 6) is -0.591. The molecule has 0 spiro atoms. The van der Waals surface area contributed by atoms with E-state index < -0.39 is 16.8 Å². The van der Waals surface area contributed by atoms with Gasteiger partial charge in [0.1, 0.15) is 0 Å². The second-order valence-corrected chi connectivity index (χ2v) is 4.65. The van der Waals surface area contributed by atoms with Gasteiger partial charge in [-0.2, -0.15) is 0 Å². The molecule has 1 rings (SSSR count). The number of ether oxygens (including phenoxy) is 2. The fraction of sp³-hybridized carbons (Fsp3) is 0.800. The molecule has 0 aromatic rings. The van der Waals surface area contributed by atoms with E-state index in [1.165, 1.54) is 7.11 Å². The van der Waals surface area contributed by atoms with Crippen LogP contribution in [0.5, 0.6) is 0 Å². The van der Waals surface area contributed by atoms with Gasteiger partial charge in [-0.15, -0.1) is 0 Å². The van der Waals surface area contributed by atoms with Crippen LogP contribution in [-0.4, -0.2) is 32.1 Å². The first kappa shape index (κ1) is 11.2. The Bertz CT molecular complexity index is 258. The first-order chi connectivity index (χ1) is 6.34. The highest BCUT2D eigenvalue weighted by atomic mass is 16.5. The molecule has 0 unspecified atom stereocenters. The predicted molar refractivity (Wildman–Crippen MR) is 49.7 cm³/mol. The molecule has 0 saturated carbocycles. The second kappa shape index (κ2) is 3.35. The van der Waals surface area contributed by atoms with Gasteiger partial charge < -0.3 is 9.47 Å². The van der Waals surface area contributed by atoms with Crippen molar-refractivity contribution in [2.75, 3.05) is 20.3 Å². The van der Waals surface area contributed by atoms with E-state index in [-0.39, 0.29) is 19.0 Å². The summed E-state index contributed by atoms with van der Waals surface area (Å²) in [6, 6.07) is 0. The van der Waals surface area contributed by atoms with Crippen molar-refractivity contribution in [2.45, 2.75) is 20.8 Å². The number of hydrogen-bond acceptors (Lipinski definition) is 4. The average Bonchev–Trinajstić information content (AvgIpc) is 2.00. The number of ketones is 1. The molecular formula is C10H16O4. The van der Waals surface area contributed by atoms with Crippen molar-refractivity contribution in [3.63, 3.8) is 0 Å². The van der Waals surface area contributed by atoms with E-state index in [9.17, 15) is 9.59 Å². The largest absolute Gasteiger partial charge is 0.468 e. The average molecular weight is 200 g/mol. The molecule has 0 aromatic heterocycles. The predicted octanol–water partition coefficient (Wildman–Crippen LogP) is 0.791. The lowest BCUT2D eigenvalue weighted by atomic mass is 9.71. The summed E-state index contributed by atoms with van der Waals surface area (Å²) in [7, 11) is 1.29. The van der Waals surface area contributed by atoms with Crippen LogP contribution >= 0.6 is 0 Å². The number of rotatable bonds is 2. The summed E-state index contributed by atoms with van der Waals surface area (Å²) < 4.78 is 9.59.